The average molecular weight is 666 g/mol. The number of fused-ring (bicyclic) bond motifs is 7. The number of hydrogen-bond donors (Lipinski definition) is 0. The van der Waals surface area contributed by atoms with E-state index in [1.54, 1.807) is 0 Å². The Hall–Kier alpha value is -6.35. The van der Waals surface area contributed by atoms with Gasteiger partial charge in [0.15, 0.2) is 0 Å². The molecule has 0 spiro atoms. The molecule has 10 aromatic rings. The molecular weight excluding hydrogens is 635 g/mol. The van der Waals surface area contributed by atoms with Gasteiger partial charge in [-0.05, 0) is 87.0 Å². The molecule has 0 saturated carbocycles. The minimum absolute atomic E-state index is 1.01. The average Bonchev–Trinajstić information content (AvgIpc) is 3.60. The van der Waals surface area contributed by atoms with Gasteiger partial charge >= 0.3 is 0 Å². The summed E-state index contributed by atoms with van der Waals surface area (Å²) in [4.78, 5) is 5.30. The molecule has 0 aliphatic carbocycles. The molecule has 2 heteroatoms. The molecule has 51 heavy (non-hydrogen) atoms. The highest BCUT2D eigenvalue weighted by molar-refractivity contribution is 7.26. The summed E-state index contributed by atoms with van der Waals surface area (Å²) < 4.78 is 2.61. The third-order valence-corrected chi connectivity index (χ3v) is 11.2. The highest BCUT2D eigenvalue weighted by atomic mass is 32.1. The zero-order chi connectivity index (χ0) is 33.7. The lowest BCUT2D eigenvalue weighted by Crippen LogP contribution is -1.91. The lowest BCUT2D eigenvalue weighted by atomic mass is 9.92. The van der Waals surface area contributed by atoms with Gasteiger partial charge in [0, 0.05) is 41.9 Å². The Morgan fingerprint density at radius 2 is 0.804 bits per heavy atom. The van der Waals surface area contributed by atoms with Crippen LogP contribution in [0.2, 0.25) is 0 Å². The van der Waals surface area contributed by atoms with Gasteiger partial charge < -0.3 is 0 Å². The molecular formula is C49H31NS. The van der Waals surface area contributed by atoms with Gasteiger partial charge in [-0.1, -0.05) is 146 Å². The fourth-order valence-electron chi connectivity index (χ4n) is 7.55. The topological polar surface area (TPSA) is 12.9 Å². The minimum atomic E-state index is 1.01. The van der Waals surface area contributed by atoms with Crippen molar-refractivity contribution < 1.29 is 0 Å². The predicted molar refractivity (Wildman–Crippen MR) is 219 cm³/mol. The van der Waals surface area contributed by atoms with Gasteiger partial charge in [0.2, 0.25) is 0 Å². The van der Waals surface area contributed by atoms with E-state index in [9.17, 15) is 0 Å². The van der Waals surface area contributed by atoms with Crippen LogP contribution in [0.25, 0.3) is 97.6 Å². The van der Waals surface area contributed by atoms with Crippen LogP contribution in [0.15, 0.2) is 188 Å². The van der Waals surface area contributed by atoms with Crippen molar-refractivity contribution in [3.05, 3.63) is 188 Å². The zero-order valence-electron chi connectivity index (χ0n) is 27.8. The van der Waals surface area contributed by atoms with Crippen LogP contribution in [0.1, 0.15) is 0 Å². The second-order valence-electron chi connectivity index (χ2n) is 13.1. The van der Waals surface area contributed by atoms with Gasteiger partial charge in [0.1, 0.15) is 0 Å². The van der Waals surface area contributed by atoms with E-state index in [0.29, 0.717) is 0 Å². The first-order chi connectivity index (χ1) is 25.3. The Bertz CT molecular complexity index is 2810. The Morgan fingerprint density at radius 3 is 1.43 bits per heavy atom. The maximum atomic E-state index is 5.30. The maximum absolute atomic E-state index is 5.30. The molecule has 0 unspecified atom stereocenters. The van der Waals surface area contributed by atoms with Crippen LogP contribution in [-0.4, -0.2) is 4.98 Å². The third kappa shape index (κ3) is 5.20. The van der Waals surface area contributed by atoms with Crippen molar-refractivity contribution in [3.63, 3.8) is 0 Å². The molecule has 0 bridgehead atoms. The van der Waals surface area contributed by atoms with Gasteiger partial charge in [-0.2, -0.15) is 0 Å². The molecule has 0 fully saturated rings. The SMILES string of the molecule is c1ccc(-c2cc(-c3ccccc3)cc(-c3ccc(-c4ccc5nc(-c6ccccc6)c6ccc7sc8ccccc8c7c6c5c4)cc3)c2)cc1. The fourth-order valence-corrected chi connectivity index (χ4v) is 8.66. The molecule has 0 atom stereocenters. The molecule has 10 rings (SSSR count). The van der Waals surface area contributed by atoms with Gasteiger partial charge in [0.25, 0.3) is 0 Å². The second-order valence-corrected chi connectivity index (χ2v) is 14.2. The lowest BCUT2D eigenvalue weighted by Gasteiger charge is -2.14. The van der Waals surface area contributed by atoms with Crippen molar-refractivity contribution in [2.75, 3.05) is 0 Å². The minimum Gasteiger partial charge on any atom is -0.247 e. The molecule has 1 nitrogen and oxygen atoms in total. The van der Waals surface area contributed by atoms with E-state index in [2.05, 4.69) is 188 Å². The van der Waals surface area contributed by atoms with Gasteiger partial charge in [-0.25, -0.2) is 4.98 Å². The standard InChI is InChI=1S/C49H31NS/c1-4-12-32(13-5-1)38-28-39(33-14-6-2-7-15-33)30-40(29-38)35-22-20-34(21-23-35)37-24-26-44-43(31-37)47-42(49(50-44)36-16-8-3-9-17-36)25-27-46-48(47)41-18-10-11-19-45(41)51-46/h1-31H. The van der Waals surface area contributed by atoms with Crippen molar-refractivity contribution in [1.29, 1.82) is 0 Å². The van der Waals surface area contributed by atoms with Crippen molar-refractivity contribution in [1.82, 2.24) is 4.98 Å². The summed E-state index contributed by atoms with van der Waals surface area (Å²) in [5.41, 5.74) is 12.8. The highest BCUT2D eigenvalue weighted by Gasteiger charge is 2.17. The van der Waals surface area contributed by atoms with E-state index >= 15 is 0 Å². The summed E-state index contributed by atoms with van der Waals surface area (Å²) in [6.45, 7) is 0. The molecule has 0 saturated heterocycles. The monoisotopic (exact) mass is 665 g/mol. The number of hydrogen-bond acceptors (Lipinski definition) is 2. The van der Waals surface area contributed by atoms with E-state index in [0.717, 1.165) is 16.8 Å². The van der Waals surface area contributed by atoms with E-state index in [1.807, 2.05) is 11.3 Å². The molecule has 0 aliphatic rings. The third-order valence-electron chi connectivity index (χ3n) is 10.0. The number of thiophene rings is 1. The first-order valence-corrected chi connectivity index (χ1v) is 18.2. The van der Waals surface area contributed by atoms with Crippen molar-refractivity contribution in [3.8, 4) is 55.8 Å². The molecule has 8 aromatic carbocycles. The summed E-state index contributed by atoms with van der Waals surface area (Å²) in [6.07, 6.45) is 0. The smallest absolute Gasteiger partial charge is 0.0788 e. The molecule has 238 valence electrons. The quantitative estimate of drug-likeness (QED) is 0.167. The number of aromatic nitrogens is 1. The van der Waals surface area contributed by atoms with Crippen molar-refractivity contribution in [2.24, 2.45) is 0 Å². The van der Waals surface area contributed by atoms with E-state index in [1.165, 1.54) is 80.8 Å². The molecule has 0 N–H and O–H groups in total. The van der Waals surface area contributed by atoms with E-state index < -0.39 is 0 Å². The highest BCUT2D eigenvalue weighted by Crippen LogP contribution is 2.44. The second kappa shape index (κ2) is 12.2. The number of nitrogens with zero attached hydrogens (tertiary/aromatic N) is 1. The van der Waals surface area contributed by atoms with Gasteiger partial charge in [-0.15, -0.1) is 11.3 Å². The summed E-state index contributed by atoms with van der Waals surface area (Å²) in [5.74, 6) is 0. The largest absolute Gasteiger partial charge is 0.247 e. The van der Waals surface area contributed by atoms with Crippen LogP contribution in [0, 0.1) is 0 Å². The van der Waals surface area contributed by atoms with Crippen molar-refractivity contribution in [2.45, 2.75) is 0 Å². The first-order valence-electron chi connectivity index (χ1n) is 17.4. The van der Waals surface area contributed by atoms with Crippen LogP contribution in [-0.2, 0) is 0 Å². The molecule has 2 heterocycles. The summed E-state index contributed by atoms with van der Waals surface area (Å²) >= 11 is 1.87. The van der Waals surface area contributed by atoms with Crippen LogP contribution >= 0.6 is 11.3 Å². The van der Waals surface area contributed by atoms with Crippen LogP contribution in [0.4, 0.5) is 0 Å². The Balaban J connectivity index is 1.13. The zero-order valence-corrected chi connectivity index (χ0v) is 28.6. The molecule has 0 amide bonds. The Morgan fingerprint density at radius 1 is 0.294 bits per heavy atom. The lowest BCUT2D eigenvalue weighted by molar-refractivity contribution is 1.43. The van der Waals surface area contributed by atoms with Gasteiger partial charge in [-0.3, -0.25) is 0 Å². The van der Waals surface area contributed by atoms with Crippen LogP contribution in [0.3, 0.4) is 0 Å². The molecule has 0 radical (unpaired) electrons. The number of pyridine rings is 1. The predicted octanol–water partition coefficient (Wildman–Crippen LogP) is 14.1. The number of rotatable bonds is 5. The van der Waals surface area contributed by atoms with Crippen LogP contribution < -0.4 is 0 Å². The summed E-state index contributed by atoms with van der Waals surface area (Å²) in [6, 6.07) is 68.0. The first kappa shape index (κ1) is 29.6. The maximum Gasteiger partial charge on any atom is 0.0788 e. The van der Waals surface area contributed by atoms with Crippen molar-refractivity contribution >= 4 is 53.2 Å². The Labute approximate surface area is 300 Å². The normalized spacial score (nSPS) is 11.5. The van der Waals surface area contributed by atoms with Crippen LogP contribution in [0.5, 0.6) is 0 Å². The van der Waals surface area contributed by atoms with E-state index in [4.69, 9.17) is 4.98 Å². The fraction of sp³-hybridized carbons (Fsp3) is 0. The number of benzene rings is 8. The van der Waals surface area contributed by atoms with E-state index in [-0.39, 0.29) is 0 Å². The Kier molecular flexibility index (Phi) is 7.07. The molecule has 2 aromatic heterocycles. The summed E-state index contributed by atoms with van der Waals surface area (Å²) in [5, 5.41) is 6.27. The summed E-state index contributed by atoms with van der Waals surface area (Å²) in [7, 11) is 0. The van der Waals surface area contributed by atoms with Gasteiger partial charge in [0.05, 0.1) is 11.2 Å². The molecule has 0 aliphatic heterocycles.